The number of rotatable bonds is 8. The molecule has 1 aliphatic rings. The van der Waals surface area contributed by atoms with E-state index in [2.05, 4.69) is 15.6 Å². The Morgan fingerprint density at radius 3 is 2.65 bits per heavy atom. The van der Waals surface area contributed by atoms with Crippen LogP contribution in [0.3, 0.4) is 0 Å². The molecule has 2 N–H and O–H groups in total. The Balaban J connectivity index is 1.36. The smallest absolute Gasteiger partial charge is 0.226 e. The van der Waals surface area contributed by atoms with Crippen LogP contribution in [-0.4, -0.2) is 27.4 Å². The van der Waals surface area contributed by atoms with Crippen molar-refractivity contribution < 1.29 is 13.6 Å². The minimum absolute atomic E-state index is 0.106. The summed E-state index contributed by atoms with van der Waals surface area (Å²) in [5, 5.41) is 7.84. The molecule has 0 aliphatic carbocycles. The van der Waals surface area contributed by atoms with Crippen LogP contribution in [-0.2, 0) is 4.79 Å². The molecule has 0 unspecified atom stereocenters. The number of hydrogen-bond donors (Lipinski definition) is 2. The lowest BCUT2D eigenvalue weighted by Gasteiger charge is -2.25. The Morgan fingerprint density at radius 1 is 1.11 bits per heavy atom. The van der Waals surface area contributed by atoms with Gasteiger partial charge in [-0.3, -0.25) is 9.78 Å². The molecule has 0 bridgehead atoms. The van der Waals surface area contributed by atoms with Crippen LogP contribution in [0, 0.1) is 5.82 Å². The number of anilines is 1. The van der Waals surface area contributed by atoms with Gasteiger partial charge in [0.25, 0.3) is 0 Å². The topological polar surface area (TPSA) is 70.4 Å². The van der Waals surface area contributed by atoms with Crippen molar-refractivity contribution in [1.82, 2.24) is 15.2 Å². The predicted octanol–water partition coefficient (Wildman–Crippen LogP) is 6.62. The monoisotopic (exact) mass is 552 g/mol. The molecule has 6 nitrogen and oxygen atoms in total. The van der Waals surface area contributed by atoms with Crippen LogP contribution in [0.15, 0.2) is 99.5 Å². The number of thiocarbonyl (C=S) groups is 1. The third-order valence-electron chi connectivity index (χ3n) is 5.85. The molecular formula is C27H22ClFN4O2S2. The maximum Gasteiger partial charge on any atom is 0.226 e. The van der Waals surface area contributed by atoms with Gasteiger partial charge in [0.15, 0.2) is 10.2 Å². The van der Waals surface area contributed by atoms with Crippen LogP contribution in [0.5, 0.6) is 0 Å². The number of carbonyl (C=O) groups excluding carboxylic acids is 1. The summed E-state index contributed by atoms with van der Waals surface area (Å²) in [5.74, 6) is -0.107. The normalized spacial score (nSPS) is 17.0. The lowest BCUT2D eigenvalue weighted by Crippen LogP contribution is -2.32. The number of benzene rings is 2. The van der Waals surface area contributed by atoms with E-state index in [9.17, 15) is 9.18 Å². The van der Waals surface area contributed by atoms with Crippen molar-refractivity contribution in [3.63, 3.8) is 0 Å². The number of amides is 1. The zero-order valence-corrected chi connectivity index (χ0v) is 21.8. The van der Waals surface area contributed by atoms with E-state index in [-0.39, 0.29) is 30.1 Å². The first-order valence-corrected chi connectivity index (χ1v) is 13.1. The van der Waals surface area contributed by atoms with Crippen molar-refractivity contribution in [2.24, 2.45) is 0 Å². The molecule has 188 valence electrons. The van der Waals surface area contributed by atoms with E-state index < -0.39 is 5.82 Å². The van der Waals surface area contributed by atoms with Crippen molar-refractivity contribution in [3.05, 3.63) is 107 Å². The first-order chi connectivity index (χ1) is 18.0. The number of nitrogens with one attached hydrogen (secondary N) is 2. The van der Waals surface area contributed by atoms with E-state index in [0.29, 0.717) is 27.5 Å². The number of nitrogens with zero attached hydrogens (tertiary/aromatic N) is 2. The summed E-state index contributed by atoms with van der Waals surface area (Å²) in [6.45, 7) is 0.306. The number of hydrogen-bond acceptors (Lipinski definition) is 5. The zero-order chi connectivity index (χ0) is 25.8. The summed E-state index contributed by atoms with van der Waals surface area (Å²) in [6.07, 6.45) is 1.83. The minimum Gasteiger partial charge on any atom is -0.452 e. The van der Waals surface area contributed by atoms with Gasteiger partial charge in [-0.2, -0.15) is 0 Å². The molecule has 0 radical (unpaired) electrons. The Bertz CT molecular complexity index is 1400. The largest absolute Gasteiger partial charge is 0.452 e. The van der Waals surface area contributed by atoms with Crippen molar-refractivity contribution in [3.8, 4) is 0 Å². The molecule has 1 fully saturated rings. The number of para-hydroxylation sites is 1. The van der Waals surface area contributed by atoms with Gasteiger partial charge in [-0.1, -0.05) is 41.6 Å². The minimum atomic E-state index is -0.483. The van der Waals surface area contributed by atoms with Gasteiger partial charge in [0.1, 0.15) is 17.6 Å². The highest BCUT2D eigenvalue weighted by Crippen LogP contribution is 2.41. The van der Waals surface area contributed by atoms with Gasteiger partial charge in [0.2, 0.25) is 5.91 Å². The van der Waals surface area contributed by atoms with E-state index in [1.165, 1.54) is 23.9 Å². The highest BCUT2D eigenvalue weighted by atomic mass is 35.5. The van der Waals surface area contributed by atoms with Gasteiger partial charge < -0.3 is 20.0 Å². The molecule has 2 atom stereocenters. The Hall–Kier alpha value is -3.40. The first-order valence-electron chi connectivity index (χ1n) is 11.5. The fourth-order valence-corrected chi connectivity index (χ4v) is 5.36. The molecule has 0 spiro atoms. The van der Waals surface area contributed by atoms with Crippen LogP contribution in [0.2, 0.25) is 5.02 Å². The van der Waals surface area contributed by atoms with Gasteiger partial charge in [-0.25, -0.2) is 4.39 Å². The highest BCUT2D eigenvalue weighted by molar-refractivity contribution is 7.99. The number of carbonyl (C=O) groups is 1. The second-order valence-corrected chi connectivity index (χ2v) is 10.2. The van der Waals surface area contributed by atoms with Gasteiger partial charge in [-0.05, 0) is 72.9 Å². The van der Waals surface area contributed by atoms with Crippen LogP contribution < -0.4 is 10.6 Å². The molecule has 2 aromatic carbocycles. The molecule has 1 saturated heterocycles. The maximum atomic E-state index is 14.0. The average molecular weight is 553 g/mol. The fourth-order valence-electron chi connectivity index (χ4n) is 4.12. The molecule has 0 saturated carbocycles. The third kappa shape index (κ3) is 5.95. The second kappa shape index (κ2) is 11.3. The van der Waals surface area contributed by atoms with Crippen molar-refractivity contribution >= 4 is 52.3 Å². The SMILES string of the molecule is O=C(CCN1C(=S)N[C@@H](c2ccccn2)[C@@H]1c1ccc(Sc2ccc(Cl)cc2)o1)Nc1ccccc1F. The summed E-state index contributed by atoms with van der Waals surface area (Å²) in [5.41, 5.74) is 0.948. The summed E-state index contributed by atoms with van der Waals surface area (Å²) < 4.78 is 20.2. The molecule has 4 aromatic rings. The highest BCUT2D eigenvalue weighted by Gasteiger charge is 2.41. The summed E-state index contributed by atoms with van der Waals surface area (Å²) in [4.78, 5) is 20.1. The number of aromatic nitrogens is 1. The summed E-state index contributed by atoms with van der Waals surface area (Å²) in [6, 6.07) is 22.5. The lowest BCUT2D eigenvalue weighted by molar-refractivity contribution is -0.116. The van der Waals surface area contributed by atoms with Crippen LogP contribution in [0.25, 0.3) is 0 Å². The van der Waals surface area contributed by atoms with Gasteiger partial charge in [0.05, 0.1) is 17.4 Å². The van der Waals surface area contributed by atoms with E-state index in [1.807, 2.05) is 59.5 Å². The van der Waals surface area contributed by atoms with E-state index >= 15 is 0 Å². The standard InChI is InChI=1S/C27H22ClFN4O2S2/c28-17-8-10-18(11-9-17)37-24-13-12-22(35-24)26-25(21-7-3-4-15-30-21)32-27(36)33(26)16-14-23(34)31-20-6-2-1-5-19(20)29/h1-13,15,25-26H,14,16H2,(H,31,34)(H,32,36)/t25-,26-/m0/s1. The van der Waals surface area contributed by atoms with Crippen molar-refractivity contribution in [2.45, 2.75) is 28.5 Å². The van der Waals surface area contributed by atoms with E-state index in [0.717, 1.165) is 10.6 Å². The summed E-state index contributed by atoms with van der Waals surface area (Å²) in [7, 11) is 0. The van der Waals surface area contributed by atoms with Crippen LogP contribution in [0.4, 0.5) is 10.1 Å². The van der Waals surface area contributed by atoms with Crippen molar-refractivity contribution in [2.75, 3.05) is 11.9 Å². The molecular weight excluding hydrogens is 531 g/mol. The Labute approximate surface area is 228 Å². The quantitative estimate of drug-likeness (QED) is 0.238. The van der Waals surface area contributed by atoms with Crippen LogP contribution in [0.1, 0.15) is 30.0 Å². The second-order valence-electron chi connectivity index (χ2n) is 8.31. The lowest BCUT2D eigenvalue weighted by atomic mass is 10.0. The summed E-state index contributed by atoms with van der Waals surface area (Å²) >= 11 is 13.1. The third-order valence-corrected chi connectivity index (χ3v) is 7.38. The predicted molar refractivity (Wildman–Crippen MR) is 146 cm³/mol. The average Bonchev–Trinajstić information content (AvgIpc) is 3.49. The number of pyridine rings is 1. The molecule has 3 heterocycles. The Morgan fingerprint density at radius 2 is 1.89 bits per heavy atom. The van der Waals surface area contributed by atoms with Crippen molar-refractivity contribution in [1.29, 1.82) is 0 Å². The molecule has 10 heteroatoms. The van der Waals surface area contributed by atoms with Gasteiger partial charge in [-0.15, -0.1) is 0 Å². The van der Waals surface area contributed by atoms with E-state index in [4.69, 9.17) is 28.2 Å². The molecule has 37 heavy (non-hydrogen) atoms. The number of halogens is 2. The molecule has 5 rings (SSSR count). The maximum absolute atomic E-state index is 14.0. The van der Waals surface area contributed by atoms with Gasteiger partial charge in [0, 0.05) is 29.1 Å². The zero-order valence-electron chi connectivity index (χ0n) is 19.4. The Kier molecular flexibility index (Phi) is 7.73. The van der Waals surface area contributed by atoms with Crippen LogP contribution >= 0.6 is 35.6 Å². The first kappa shape index (κ1) is 25.3. The van der Waals surface area contributed by atoms with E-state index in [1.54, 1.807) is 18.3 Å². The van der Waals surface area contributed by atoms with Gasteiger partial charge >= 0.3 is 0 Å². The fraction of sp³-hybridized carbons (Fsp3) is 0.148. The molecule has 2 aromatic heterocycles. The molecule has 1 amide bonds. The number of furan rings is 1. The molecule has 1 aliphatic heterocycles.